The topological polar surface area (TPSA) is 60.2 Å². The maximum Gasteiger partial charge on any atom is 0.146 e. The number of aromatic nitrogens is 1. The Bertz CT molecular complexity index is 297. The van der Waals surface area contributed by atoms with Crippen LogP contribution in [0, 0.1) is 0 Å². The Morgan fingerprint density at radius 1 is 1.64 bits per heavy atom. The van der Waals surface area contributed by atoms with E-state index in [1.54, 1.807) is 6.20 Å². The molecule has 0 radical (unpaired) electrons. The second kappa shape index (κ2) is 4.28. The molecule has 76 valence electrons. The van der Waals surface area contributed by atoms with Gasteiger partial charge in [0.05, 0.1) is 11.8 Å². The summed E-state index contributed by atoms with van der Waals surface area (Å²) in [5.41, 5.74) is 6.58. The first kappa shape index (κ1) is 9.27. The summed E-state index contributed by atoms with van der Waals surface area (Å²) in [7, 11) is 0. The monoisotopic (exact) mass is 193 g/mol. The van der Waals surface area contributed by atoms with Crippen LogP contribution in [0.5, 0.6) is 0 Å². The molecule has 1 unspecified atom stereocenters. The van der Waals surface area contributed by atoms with E-state index in [0.717, 1.165) is 31.7 Å². The molecule has 1 fully saturated rings. The predicted octanol–water partition coefficient (Wildman–Crippen LogP) is 1.25. The molecule has 1 saturated heterocycles. The van der Waals surface area contributed by atoms with Crippen LogP contribution in [-0.4, -0.2) is 24.2 Å². The fraction of sp³-hybridized carbons (Fsp3) is 0.500. The Labute approximate surface area is 83.5 Å². The molecule has 4 heteroatoms. The Balaban J connectivity index is 1.88. The molecule has 4 nitrogen and oxygen atoms in total. The molecule has 14 heavy (non-hydrogen) atoms. The average Bonchev–Trinajstić information content (AvgIpc) is 2.69. The lowest BCUT2D eigenvalue weighted by Crippen LogP contribution is -2.19. The molecule has 0 saturated carbocycles. The van der Waals surface area contributed by atoms with Gasteiger partial charge < -0.3 is 15.8 Å². The number of pyridine rings is 1. The van der Waals surface area contributed by atoms with Crippen LogP contribution in [0.15, 0.2) is 18.3 Å². The molecule has 0 aliphatic carbocycles. The van der Waals surface area contributed by atoms with Crippen molar-refractivity contribution >= 4 is 11.5 Å². The molecule has 0 spiro atoms. The van der Waals surface area contributed by atoms with E-state index in [2.05, 4.69) is 10.3 Å². The first-order valence-corrected chi connectivity index (χ1v) is 4.92. The van der Waals surface area contributed by atoms with Crippen molar-refractivity contribution < 1.29 is 4.74 Å². The van der Waals surface area contributed by atoms with E-state index in [0.29, 0.717) is 11.9 Å². The molecule has 0 amide bonds. The molecule has 1 aliphatic rings. The van der Waals surface area contributed by atoms with E-state index in [9.17, 15) is 0 Å². The van der Waals surface area contributed by atoms with E-state index in [1.807, 2.05) is 12.1 Å². The number of nitrogens with one attached hydrogen (secondary N) is 1. The number of nitrogens with two attached hydrogens (primary N) is 1. The van der Waals surface area contributed by atoms with Crippen LogP contribution in [0.1, 0.15) is 12.8 Å². The number of ether oxygens (including phenoxy) is 1. The van der Waals surface area contributed by atoms with Crippen LogP contribution >= 0.6 is 0 Å². The summed E-state index contributed by atoms with van der Waals surface area (Å²) in [5, 5.41) is 3.24. The van der Waals surface area contributed by atoms with Crippen molar-refractivity contribution in [1.29, 1.82) is 0 Å². The Hall–Kier alpha value is -1.29. The zero-order chi connectivity index (χ0) is 9.80. The number of nitrogens with zero attached hydrogens (tertiary/aromatic N) is 1. The quantitative estimate of drug-likeness (QED) is 0.758. The number of nitrogen functional groups attached to an aromatic ring is 1. The van der Waals surface area contributed by atoms with Crippen LogP contribution in [0.25, 0.3) is 0 Å². The molecular formula is C10H15N3O. The Kier molecular flexibility index (Phi) is 2.84. The van der Waals surface area contributed by atoms with Gasteiger partial charge in [-0.15, -0.1) is 0 Å². The zero-order valence-electron chi connectivity index (χ0n) is 8.07. The molecule has 0 bridgehead atoms. The maximum atomic E-state index is 5.69. The van der Waals surface area contributed by atoms with Gasteiger partial charge in [0.2, 0.25) is 0 Å². The molecule has 1 atom stereocenters. The summed E-state index contributed by atoms with van der Waals surface area (Å²) in [4.78, 5) is 4.00. The Morgan fingerprint density at radius 3 is 3.29 bits per heavy atom. The number of hydrogen-bond donors (Lipinski definition) is 2. The highest BCUT2D eigenvalue weighted by Gasteiger charge is 2.15. The zero-order valence-corrected chi connectivity index (χ0v) is 8.07. The summed E-state index contributed by atoms with van der Waals surface area (Å²) < 4.78 is 5.49. The van der Waals surface area contributed by atoms with Gasteiger partial charge in [-0.3, -0.25) is 0 Å². The van der Waals surface area contributed by atoms with Crippen molar-refractivity contribution in [3.8, 4) is 0 Å². The molecule has 1 aromatic rings. The minimum Gasteiger partial charge on any atom is -0.382 e. The molecule has 3 N–H and O–H groups in total. The number of anilines is 2. The highest BCUT2D eigenvalue weighted by Crippen LogP contribution is 2.16. The van der Waals surface area contributed by atoms with Crippen molar-refractivity contribution in [3.05, 3.63) is 18.3 Å². The predicted molar refractivity (Wildman–Crippen MR) is 56.1 cm³/mol. The number of hydrogen-bond acceptors (Lipinski definition) is 4. The third-order valence-corrected chi connectivity index (χ3v) is 2.38. The highest BCUT2D eigenvalue weighted by atomic mass is 16.5. The van der Waals surface area contributed by atoms with Crippen LogP contribution in [0.4, 0.5) is 11.5 Å². The summed E-state index contributed by atoms with van der Waals surface area (Å²) in [5.74, 6) is 0.547. The summed E-state index contributed by atoms with van der Waals surface area (Å²) in [6.45, 7) is 1.70. The standard InChI is InChI=1S/C10H15N3O/c11-10-9(4-1-5-12-10)13-7-8-3-2-6-14-8/h1,4-5,8,13H,2-3,6-7H2,(H2,11,12). The van der Waals surface area contributed by atoms with Gasteiger partial charge in [0.15, 0.2) is 0 Å². The maximum absolute atomic E-state index is 5.69. The van der Waals surface area contributed by atoms with Gasteiger partial charge in [-0.25, -0.2) is 4.98 Å². The summed E-state index contributed by atoms with van der Waals surface area (Å²) in [6.07, 6.45) is 4.31. The van der Waals surface area contributed by atoms with Crippen molar-refractivity contribution in [2.75, 3.05) is 24.2 Å². The molecule has 1 aromatic heterocycles. The van der Waals surface area contributed by atoms with E-state index in [4.69, 9.17) is 10.5 Å². The van der Waals surface area contributed by atoms with Crippen LogP contribution in [-0.2, 0) is 4.74 Å². The fourth-order valence-electron chi connectivity index (χ4n) is 1.60. The van der Waals surface area contributed by atoms with Crippen molar-refractivity contribution in [2.45, 2.75) is 18.9 Å². The van der Waals surface area contributed by atoms with Crippen molar-refractivity contribution in [1.82, 2.24) is 4.98 Å². The minimum atomic E-state index is 0.328. The van der Waals surface area contributed by atoms with E-state index in [1.165, 1.54) is 0 Å². The first-order chi connectivity index (χ1) is 6.86. The normalized spacial score (nSPS) is 21.0. The van der Waals surface area contributed by atoms with Crippen molar-refractivity contribution in [3.63, 3.8) is 0 Å². The fourth-order valence-corrected chi connectivity index (χ4v) is 1.60. The van der Waals surface area contributed by atoms with Gasteiger partial charge in [0, 0.05) is 19.3 Å². The summed E-state index contributed by atoms with van der Waals surface area (Å²) in [6, 6.07) is 3.80. The van der Waals surface area contributed by atoms with Crippen LogP contribution < -0.4 is 11.1 Å². The molecule has 2 rings (SSSR count). The Morgan fingerprint density at radius 2 is 2.57 bits per heavy atom. The highest BCUT2D eigenvalue weighted by molar-refractivity contribution is 5.60. The second-order valence-corrected chi connectivity index (χ2v) is 3.45. The molecule has 2 heterocycles. The lowest BCUT2D eigenvalue weighted by atomic mass is 10.2. The van der Waals surface area contributed by atoms with Gasteiger partial charge in [-0.05, 0) is 25.0 Å². The molecular weight excluding hydrogens is 178 g/mol. The average molecular weight is 193 g/mol. The minimum absolute atomic E-state index is 0.328. The largest absolute Gasteiger partial charge is 0.382 e. The van der Waals surface area contributed by atoms with Gasteiger partial charge in [0.1, 0.15) is 5.82 Å². The molecule has 1 aliphatic heterocycles. The van der Waals surface area contributed by atoms with Gasteiger partial charge in [-0.1, -0.05) is 0 Å². The number of rotatable bonds is 3. The van der Waals surface area contributed by atoms with Gasteiger partial charge in [-0.2, -0.15) is 0 Å². The van der Waals surface area contributed by atoms with E-state index < -0.39 is 0 Å². The van der Waals surface area contributed by atoms with Crippen LogP contribution in [0.3, 0.4) is 0 Å². The van der Waals surface area contributed by atoms with Crippen LogP contribution in [0.2, 0.25) is 0 Å². The summed E-state index contributed by atoms with van der Waals surface area (Å²) >= 11 is 0. The lowest BCUT2D eigenvalue weighted by molar-refractivity contribution is 0.120. The second-order valence-electron chi connectivity index (χ2n) is 3.45. The van der Waals surface area contributed by atoms with Gasteiger partial charge >= 0.3 is 0 Å². The lowest BCUT2D eigenvalue weighted by Gasteiger charge is -2.12. The SMILES string of the molecule is Nc1ncccc1NCC1CCCO1. The van der Waals surface area contributed by atoms with E-state index >= 15 is 0 Å². The van der Waals surface area contributed by atoms with E-state index in [-0.39, 0.29) is 0 Å². The smallest absolute Gasteiger partial charge is 0.146 e. The van der Waals surface area contributed by atoms with Crippen molar-refractivity contribution in [2.24, 2.45) is 0 Å². The third kappa shape index (κ3) is 2.14. The molecule has 0 aromatic carbocycles. The third-order valence-electron chi connectivity index (χ3n) is 2.38. The van der Waals surface area contributed by atoms with Gasteiger partial charge in [0.25, 0.3) is 0 Å². The first-order valence-electron chi connectivity index (χ1n) is 4.92.